The lowest BCUT2D eigenvalue weighted by Crippen LogP contribution is -2.35. The Bertz CT molecular complexity index is 821. The van der Waals surface area contributed by atoms with Crippen LogP contribution in [0.1, 0.15) is 50.5 Å². The molecule has 7 heteroatoms. The lowest BCUT2D eigenvalue weighted by Gasteiger charge is -2.31. The molecule has 0 aromatic heterocycles. The van der Waals surface area contributed by atoms with Crippen LogP contribution in [0, 0.1) is 17.6 Å². The molecule has 0 unspecified atom stereocenters. The van der Waals surface area contributed by atoms with Crippen LogP contribution < -0.4 is 0 Å². The zero-order valence-electron chi connectivity index (χ0n) is 16.7. The zero-order chi connectivity index (χ0) is 20.9. The van der Waals surface area contributed by atoms with Gasteiger partial charge in [-0.15, -0.1) is 0 Å². The van der Waals surface area contributed by atoms with Gasteiger partial charge in [0.05, 0.1) is 11.0 Å². The van der Waals surface area contributed by atoms with Crippen LogP contribution in [0.5, 0.6) is 0 Å². The molecule has 29 heavy (non-hydrogen) atoms. The number of benzene rings is 1. The third kappa shape index (κ3) is 7.30. The van der Waals surface area contributed by atoms with Gasteiger partial charge in [0.15, 0.2) is 15.6 Å². The molecule has 0 radical (unpaired) electrons. The summed E-state index contributed by atoms with van der Waals surface area (Å²) in [5.74, 6) is -0.566. The number of hydrogen-bond acceptors (Lipinski definition) is 4. The van der Waals surface area contributed by atoms with Crippen molar-refractivity contribution in [3.8, 4) is 0 Å². The standard InChI is InChI=1S/C22H29F2NO3S/c23-19-14-18(15-20(24)16-19)3-5-21(26)4-2-17-8-11-25(12-9-17)10-1-13-29(27,28)22-6-7-22/h3,5,14-17,22H,1-2,4,6-13H2/b5-3+. The first-order chi connectivity index (χ1) is 13.8. The maximum absolute atomic E-state index is 13.2. The van der Waals surface area contributed by atoms with Crippen molar-refractivity contribution in [2.45, 2.75) is 50.2 Å². The number of piperidine rings is 1. The van der Waals surface area contributed by atoms with Crippen molar-refractivity contribution in [1.29, 1.82) is 0 Å². The van der Waals surface area contributed by atoms with Gasteiger partial charge in [0.1, 0.15) is 11.6 Å². The van der Waals surface area contributed by atoms with Gasteiger partial charge in [-0.25, -0.2) is 17.2 Å². The van der Waals surface area contributed by atoms with Gasteiger partial charge in [0, 0.05) is 12.5 Å². The second-order valence-corrected chi connectivity index (χ2v) is 10.6. The fraction of sp³-hybridized carbons (Fsp3) is 0.591. The average Bonchev–Trinajstić information content (AvgIpc) is 3.51. The molecule has 1 heterocycles. The van der Waals surface area contributed by atoms with Crippen LogP contribution >= 0.6 is 0 Å². The molecule has 1 aliphatic heterocycles. The van der Waals surface area contributed by atoms with Crippen molar-refractivity contribution in [3.63, 3.8) is 0 Å². The molecule has 0 N–H and O–H groups in total. The van der Waals surface area contributed by atoms with Crippen molar-refractivity contribution >= 4 is 21.7 Å². The summed E-state index contributed by atoms with van der Waals surface area (Å²) in [5, 5.41) is -0.0697. The van der Waals surface area contributed by atoms with E-state index in [0.29, 0.717) is 30.1 Å². The molecular formula is C22H29F2NO3S. The summed E-state index contributed by atoms with van der Waals surface area (Å²) in [4.78, 5) is 14.4. The Balaban J connectivity index is 1.32. The van der Waals surface area contributed by atoms with Crippen molar-refractivity contribution in [1.82, 2.24) is 4.90 Å². The maximum Gasteiger partial charge on any atom is 0.155 e. The van der Waals surface area contributed by atoms with Crippen LogP contribution in [0.2, 0.25) is 0 Å². The van der Waals surface area contributed by atoms with Gasteiger partial charge in [-0.2, -0.15) is 0 Å². The minimum absolute atomic E-state index is 0.0395. The monoisotopic (exact) mass is 425 g/mol. The first kappa shape index (κ1) is 22.1. The van der Waals surface area contributed by atoms with E-state index in [4.69, 9.17) is 0 Å². The summed E-state index contributed by atoms with van der Waals surface area (Å²) in [7, 11) is -2.86. The zero-order valence-corrected chi connectivity index (χ0v) is 17.5. The molecule has 0 bridgehead atoms. The second-order valence-electron chi connectivity index (χ2n) is 8.25. The van der Waals surface area contributed by atoms with E-state index in [1.54, 1.807) is 0 Å². The Labute approximate surface area is 171 Å². The molecule has 3 rings (SSSR count). The normalized spacial score (nSPS) is 19.1. The van der Waals surface area contributed by atoms with E-state index in [0.717, 1.165) is 57.8 Å². The minimum Gasteiger partial charge on any atom is -0.303 e. The van der Waals surface area contributed by atoms with Gasteiger partial charge < -0.3 is 4.90 Å². The summed E-state index contributed by atoms with van der Waals surface area (Å²) >= 11 is 0. The van der Waals surface area contributed by atoms with E-state index < -0.39 is 21.5 Å². The molecule has 0 spiro atoms. The van der Waals surface area contributed by atoms with E-state index in [-0.39, 0.29) is 11.0 Å². The largest absolute Gasteiger partial charge is 0.303 e. The highest BCUT2D eigenvalue weighted by molar-refractivity contribution is 7.92. The van der Waals surface area contributed by atoms with Gasteiger partial charge in [-0.3, -0.25) is 4.79 Å². The molecule has 1 saturated heterocycles. The molecule has 0 atom stereocenters. The fourth-order valence-corrected chi connectivity index (χ4v) is 5.59. The number of carbonyl (C=O) groups excluding carboxylic acids is 1. The Kier molecular flexibility index (Phi) is 7.57. The molecule has 2 aliphatic rings. The van der Waals surface area contributed by atoms with Crippen LogP contribution in [0.15, 0.2) is 24.3 Å². The number of allylic oxidation sites excluding steroid dienone is 1. The SMILES string of the molecule is O=C(/C=C/c1cc(F)cc(F)c1)CCC1CCN(CCCS(=O)(=O)C2CC2)CC1. The van der Waals surface area contributed by atoms with E-state index in [9.17, 15) is 22.0 Å². The number of halogens is 2. The summed E-state index contributed by atoms with van der Waals surface area (Å²) in [6.45, 7) is 2.71. The number of rotatable bonds is 10. The first-order valence-corrected chi connectivity index (χ1v) is 12.1. The third-order valence-corrected chi connectivity index (χ3v) is 8.13. The van der Waals surface area contributed by atoms with Crippen LogP contribution in [0.4, 0.5) is 8.78 Å². The van der Waals surface area contributed by atoms with Crippen molar-refractivity contribution < 1.29 is 22.0 Å². The van der Waals surface area contributed by atoms with Crippen molar-refractivity contribution in [2.24, 2.45) is 5.92 Å². The van der Waals surface area contributed by atoms with Crippen LogP contribution in [0.25, 0.3) is 6.08 Å². The summed E-state index contributed by atoms with van der Waals surface area (Å²) in [5.41, 5.74) is 0.341. The highest BCUT2D eigenvalue weighted by atomic mass is 32.2. The smallest absolute Gasteiger partial charge is 0.155 e. The lowest BCUT2D eigenvalue weighted by atomic mass is 9.91. The van der Waals surface area contributed by atoms with E-state index in [1.165, 1.54) is 24.3 Å². The van der Waals surface area contributed by atoms with Gasteiger partial charge in [-0.05, 0) is 87.8 Å². The molecule has 2 fully saturated rings. The number of sulfone groups is 1. The average molecular weight is 426 g/mol. The van der Waals surface area contributed by atoms with E-state index in [2.05, 4.69) is 4.90 Å². The highest BCUT2D eigenvalue weighted by Crippen LogP contribution is 2.29. The van der Waals surface area contributed by atoms with Gasteiger partial charge >= 0.3 is 0 Å². The number of carbonyl (C=O) groups is 1. The van der Waals surface area contributed by atoms with Crippen LogP contribution in [-0.2, 0) is 14.6 Å². The van der Waals surface area contributed by atoms with E-state index in [1.807, 2.05) is 0 Å². The summed E-state index contributed by atoms with van der Waals surface area (Å²) in [6, 6.07) is 3.19. The van der Waals surface area contributed by atoms with Gasteiger partial charge in [0.25, 0.3) is 0 Å². The topological polar surface area (TPSA) is 54.5 Å². The Morgan fingerprint density at radius 2 is 1.72 bits per heavy atom. The Morgan fingerprint density at radius 3 is 2.34 bits per heavy atom. The molecule has 4 nitrogen and oxygen atoms in total. The third-order valence-electron chi connectivity index (χ3n) is 5.79. The quantitative estimate of drug-likeness (QED) is 0.532. The van der Waals surface area contributed by atoms with Crippen LogP contribution in [0.3, 0.4) is 0 Å². The molecule has 1 aliphatic carbocycles. The number of hydrogen-bond donors (Lipinski definition) is 0. The lowest BCUT2D eigenvalue weighted by molar-refractivity contribution is -0.114. The van der Waals surface area contributed by atoms with Crippen molar-refractivity contribution in [3.05, 3.63) is 41.5 Å². The molecule has 0 amide bonds. The maximum atomic E-state index is 13.2. The van der Waals surface area contributed by atoms with Crippen molar-refractivity contribution in [2.75, 3.05) is 25.4 Å². The molecule has 1 saturated carbocycles. The Hall–Kier alpha value is -1.60. The second kappa shape index (κ2) is 9.94. The van der Waals surface area contributed by atoms with Gasteiger partial charge in [0.2, 0.25) is 0 Å². The summed E-state index contributed by atoms with van der Waals surface area (Å²) < 4.78 is 50.2. The Morgan fingerprint density at radius 1 is 1.07 bits per heavy atom. The van der Waals surface area contributed by atoms with E-state index >= 15 is 0 Å². The number of likely N-dealkylation sites (tertiary alicyclic amines) is 1. The highest BCUT2D eigenvalue weighted by Gasteiger charge is 2.35. The molecule has 1 aromatic rings. The predicted molar refractivity (Wildman–Crippen MR) is 110 cm³/mol. The first-order valence-electron chi connectivity index (χ1n) is 10.4. The summed E-state index contributed by atoms with van der Waals surface area (Å²) in [6.07, 6.45) is 8.48. The number of ketones is 1. The fourth-order valence-electron chi connectivity index (χ4n) is 3.87. The molecular weight excluding hydrogens is 396 g/mol. The minimum atomic E-state index is -2.86. The number of nitrogens with zero attached hydrogens (tertiary/aromatic N) is 1. The predicted octanol–water partition coefficient (Wildman–Crippen LogP) is 4.01. The van der Waals surface area contributed by atoms with Gasteiger partial charge in [-0.1, -0.05) is 6.08 Å². The molecule has 1 aromatic carbocycles. The molecule has 160 valence electrons. The van der Waals surface area contributed by atoms with Crippen LogP contribution in [-0.4, -0.2) is 49.7 Å².